The fraction of sp³-hybridized carbons (Fsp3) is 0.200. The lowest BCUT2D eigenvalue weighted by atomic mass is 9.90. The number of carboxylic acid groups (broad SMARTS) is 1. The molecule has 178 valence electrons. The van der Waals surface area contributed by atoms with Gasteiger partial charge in [-0.2, -0.15) is 0 Å². The van der Waals surface area contributed by atoms with Crippen LogP contribution in [0, 0.1) is 8.98 Å². The maximum Gasteiger partial charge on any atom is 0.333 e. The summed E-state index contributed by atoms with van der Waals surface area (Å²) in [4.78, 5) is 12.5. The van der Waals surface area contributed by atoms with Crippen molar-refractivity contribution < 1.29 is 19.4 Å². The van der Waals surface area contributed by atoms with E-state index in [0.29, 0.717) is 44.4 Å². The van der Waals surface area contributed by atoms with E-state index in [1.165, 1.54) is 0 Å². The first kappa shape index (κ1) is 25.8. The molecule has 3 aromatic rings. The Morgan fingerprint density at radius 3 is 2.44 bits per heavy atom. The van der Waals surface area contributed by atoms with Crippen LogP contribution in [0.25, 0.3) is 0 Å². The second-order valence-corrected chi connectivity index (χ2v) is 9.30. The van der Waals surface area contributed by atoms with E-state index in [1.807, 2.05) is 30.3 Å². The highest BCUT2D eigenvalue weighted by molar-refractivity contribution is 14.1. The standard InChI is InChI=1S/C25H25ClIN3O4/c1-25(24(31)32,30-19-9-7-17(8-10-19)23(28)29)20-13-18(26)14-21(27)22(20)34-12-11-33-15-16-5-3-2-4-6-16/h2-10,13-14,30H,11-12,15H2,1H3,(H3,28,29)(H,31,32). The largest absolute Gasteiger partial charge is 0.490 e. The van der Waals surface area contributed by atoms with Crippen LogP contribution in [0.2, 0.25) is 5.02 Å². The quantitative estimate of drug-likeness (QED) is 0.105. The van der Waals surface area contributed by atoms with Gasteiger partial charge in [0.1, 0.15) is 18.2 Å². The van der Waals surface area contributed by atoms with Crippen LogP contribution < -0.4 is 15.8 Å². The molecule has 0 saturated carbocycles. The minimum absolute atomic E-state index is 0.0675. The fourth-order valence-corrected chi connectivity index (χ4v) is 4.49. The van der Waals surface area contributed by atoms with Gasteiger partial charge in [-0.3, -0.25) is 5.41 Å². The summed E-state index contributed by atoms with van der Waals surface area (Å²) < 4.78 is 12.4. The SMILES string of the molecule is CC(Nc1ccc(C(=N)N)cc1)(C(=O)O)c1cc(Cl)cc(I)c1OCCOCc1ccccc1. The van der Waals surface area contributed by atoms with Gasteiger partial charge >= 0.3 is 5.97 Å². The van der Waals surface area contributed by atoms with Crippen molar-refractivity contribution in [3.8, 4) is 5.75 Å². The average Bonchev–Trinajstić information content (AvgIpc) is 2.80. The molecule has 3 aromatic carbocycles. The summed E-state index contributed by atoms with van der Waals surface area (Å²) in [6.07, 6.45) is 0. The van der Waals surface area contributed by atoms with Crippen molar-refractivity contribution in [3.05, 3.63) is 92.0 Å². The number of hydrogen-bond acceptors (Lipinski definition) is 5. The molecule has 0 amide bonds. The topological polar surface area (TPSA) is 118 Å². The molecule has 0 aliphatic heterocycles. The molecule has 1 atom stereocenters. The number of aliphatic carboxylic acids is 1. The summed E-state index contributed by atoms with van der Waals surface area (Å²) in [5.74, 6) is -0.750. The highest BCUT2D eigenvalue weighted by Crippen LogP contribution is 2.39. The van der Waals surface area contributed by atoms with Gasteiger partial charge in [0, 0.05) is 21.8 Å². The predicted molar refractivity (Wildman–Crippen MR) is 142 cm³/mol. The van der Waals surface area contributed by atoms with Crippen molar-refractivity contribution in [3.63, 3.8) is 0 Å². The molecule has 7 nitrogen and oxygen atoms in total. The lowest BCUT2D eigenvalue weighted by molar-refractivity contribution is -0.142. The number of rotatable bonds is 11. The number of nitrogens with one attached hydrogen (secondary N) is 2. The molecule has 0 spiro atoms. The number of nitrogens with two attached hydrogens (primary N) is 1. The molecule has 0 fully saturated rings. The van der Waals surface area contributed by atoms with E-state index in [0.717, 1.165) is 5.56 Å². The minimum atomic E-state index is -1.55. The van der Waals surface area contributed by atoms with Gasteiger partial charge < -0.3 is 25.6 Å². The van der Waals surface area contributed by atoms with Crippen LogP contribution in [-0.4, -0.2) is 30.1 Å². The first-order valence-corrected chi connectivity index (χ1v) is 11.9. The number of hydrogen-bond donors (Lipinski definition) is 4. The number of benzene rings is 3. The van der Waals surface area contributed by atoms with Crippen LogP contribution in [0.5, 0.6) is 5.75 Å². The Labute approximate surface area is 216 Å². The highest BCUT2D eigenvalue weighted by Gasteiger charge is 2.39. The summed E-state index contributed by atoms with van der Waals surface area (Å²) in [7, 11) is 0. The van der Waals surface area contributed by atoms with Gasteiger partial charge in [-0.25, -0.2) is 4.79 Å². The number of ether oxygens (including phenoxy) is 2. The zero-order valence-corrected chi connectivity index (χ0v) is 21.4. The van der Waals surface area contributed by atoms with Crippen molar-refractivity contribution in [1.29, 1.82) is 5.41 Å². The number of amidine groups is 1. The van der Waals surface area contributed by atoms with Crippen LogP contribution in [-0.2, 0) is 21.7 Å². The molecule has 1 unspecified atom stereocenters. The van der Waals surface area contributed by atoms with Crippen LogP contribution in [0.3, 0.4) is 0 Å². The van der Waals surface area contributed by atoms with Gasteiger partial charge in [-0.15, -0.1) is 0 Å². The second kappa shape index (κ2) is 11.5. The Morgan fingerprint density at radius 2 is 1.82 bits per heavy atom. The Hall–Kier alpha value is -2.82. The monoisotopic (exact) mass is 593 g/mol. The van der Waals surface area contributed by atoms with Crippen molar-refractivity contribution in [2.24, 2.45) is 5.73 Å². The van der Waals surface area contributed by atoms with Gasteiger partial charge in [0.15, 0.2) is 5.54 Å². The number of nitrogen functional groups attached to an aromatic ring is 1. The molecule has 0 aliphatic rings. The molecule has 9 heteroatoms. The molecule has 5 N–H and O–H groups in total. The molecule has 0 aliphatic carbocycles. The maximum atomic E-state index is 12.5. The van der Waals surface area contributed by atoms with Gasteiger partial charge in [0.05, 0.1) is 16.8 Å². The van der Waals surface area contributed by atoms with Crippen LogP contribution >= 0.6 is 34.2 Å². The van der Waals surface area contributed by atoms with Crippen molar-refractivity contribution in [2.45, 2.75) is 19.1 Å². The molecule has 34 heavy (non-hydrogen) atoms. The van der Waals surface area contributed by atoms with E-state index in [1.54, 1.807) is 43.3 Å². The lowest BCUT2D eigenvalue weighted by Gasteiger charge is -2.30. The van der Waals surface area contributed by atoms with Gasteiger partial charge in [-0.05, 0) is 71.5 Å². The zero-order chi connectivity index (χ0) is 24.7. The van der Waals surface area contributed by atoms with Gasteiger partial charge in [0.25, 0.3) is 0 Å². The van der Waals surface area contributed by atoms with E-state index in [-0.39, 0.29) is 12.4 Å². The Balaban J connectivity index is 1.80. The Bertz CT molecular complexity index is 1160. The van der Waals surface area contributed by atoms with E-state index in [9.17, 15) is 9.90 Å². The smallest absolute Gasteiger partial charge is 0.333 e. The second-order valence-electron chi connectivity index (χ2n) is 7.70. The molecule has 0 bridgehead atoms. The van der Waals surface area contributed by atoms with E-state index in [2.05, 4.69) is 27.9 Å². The normalized spacial score (nSPS) is 12.6. The predicted octanol–water partition coefficient (Wildman–Crippen LogP) is 5.24. The summed E-state index contributed by atoms with van der Waals surface area (Å²) in [5, 5.41) is 21.2. The molecule has 0 saturated heterocycles. The summed E-state index contributed by atoms with van der Waals surface area (Å²) in [6.45, 7) is 2.57. The molecule has 3 rings (SSSR count). The van der Waals surface area contributed by atoms with Crippen molar-refractivity contribution in [1.82, 2.24) is 0 Å². The summed E-state index contributed by atoms with van der Waals surface area (Å²) in [5.41, 5.74) is 6.49. The van der Waals surface area contributed by atoms with Gasteiger partial charge in [0.2, 0.25) is 0 Å². The molecule has 0 heterocycles. The third kappa shape index (κ3) is 6.40. The van der Waals surface area contributed by atoms with Crippen molar-refractivity contribution in [2.75, 3.05) is 18.5 Å². The molecule has 0 radical (unpaired) electrons. The number of carbonyl (C=O) groups is 1. The van der Waals surface area contributed by atoms with Crippen LogP contribution in [0.15, 0.2) is 66.7 Å². The fourth-order valence-electron chi connectivity index (χ4n) is 3.30. The average molecular weight is 594 g/mol. The molecular formula is C25H25ClIN3O4. The Morgan fingerprint density at radius 1 is 1.15 bits per heavy atom. The number of carboxylic acids is 1. The first-order valence-electron chi connectivity index (χ1n) is 10.4. The summed E-state index contributed by atoms with van der Waals surface area (Å²) >= 11 is 8.38. The molecular weight excluding hydrogens is 569 g/mol. The van der Waals surface area contributed by atoms with Gasteiger partial charge in [-0.1, -0.05) is 41.9 Å². The van der Waals surface area contributed by atoms with Crippen LogP contribution in [0.4, 0.5) is 5.69 Å². The molecule has 0 aromatic heterocycles. The third-order valence-electron chi connectivity index (χ3n) is 5.15. The number of anilines is 1. The van der Waals surface area contributed by atoms with Crippen molar-refractivity contribution >= 4 is 51.7 Å². The number of halogens is 2. The first-order chi connectivity index (χ1) is 16.2. The highest BCUT2D eigenvalue weighted by atomic mass is 127. The van der Waals surface area contributed by atoms with E-state index in [4.69, 9.17) is 32.2 Å². The lowest BCUT2D eigenvalue weighted by Crippen LogP contribution is -2.41. The van der Waals surface area contributed by atoms with Crippen LogP contribution in [0.1, 0.15) is 23.6 Å². The Kier molecular flexibility index (Phi) is 8.76. The third-order valence-corrected chi connectivity index (χ3v) is 6.17. The zero-order valence-electron chi connectivity index (χ0n) is 18.5. The van der Waals surface area contributed by atoms with E-state index < -0.39 is 11.5 Å². The summed E-state index contributed by atoms with van der Waals surface area (Å²) in [6, 6.07) is 19.8. The van der Waals surface area contributed by atoms with E-state index >= 15 is 0 Å². The minimum Gasteiger partial charge on any atom is -0.490 e. The maximum absolute atomic E-state index is 12.5.